The average molecular weight is 365 g/mol. The van der Waals surface area contributed by atoms with Gasteiger partial charge in [0.15, 0.2) is 5.13 Å². The van der Waals surface area contributed by atoms with Crippen LogP contribution in [-0.4, -0.2) is 25.9 Å². The molecule has 26 heavy (non-hydrogen) atoms. The van der Waals surface area contributed by atoms with E-state index in [0.29, 0.717) is 16.0 Å². The Kier molecular flexibility index (Phi) is 3.96. The van der Waals surface area contributed by atoms with E-state index in [4.69, 9.17) is 0 Å². The van der Waals surface area contributed by atoms with Gasteiger partial charge in [-0.1, -0.05) is 34.7 Å². The van der Waals surface area contributed by atoms with Gasteiger partial charge < -0.3 is 5.32 Å². The quantitative estimate of drug-likeness (QED) is 0.603. The molecule has 1 N–H and O–H groups in total. The fourth-order valence-corrected chi connectivity index (χ4v) is 3.90. The summed E-state index contributed by atoms with van der Waals surface area (Å²) in [6.45, 7) is 3.80. The van der Waals surface area contributed by atoms with Crippen molar-refractivity contribution in [2.45, 2.75) is 20.4 Å². The van der Waals surface area contributed by atoms with Crippen LogP contribution in [0, 0.1) is 13.8 Å². The molecule has 0 aliphatic rings. The van der Waals surface area contributed by atoms with Gasteiger partial charge in [0.05, 0.1) is 15.6 Å². The third kappa shape index (κ3) is 2.95. The first-order chi connectivity index (χ1) is 12.5. The maximum absolute atomic E-state index is 12.4. The van der Waals surface area contributed by atoms with E-state index in [-0.39, 0.29) is 18.0 Å². The second-order valence-electron chi connectivity index (χ2n) is 6.07. The van der Waals surface area contributed by atoms with E-state index in [2.05, 4.69) is 26.7 Å². The van der Waals surface area contributed by atoms with Crippen molar-refractivity contribution in [2.75, 3.05) is 5.32 Å². The number of fused-ring (bicyclic) bond motifs is 2. The third-order valence-electron chi connectivity index (χ3n) is 4.00. The summed E-state index contributed by atoms with van der Waals surface area (Å²) >= 11 is 1.40. The fraction of sp³-hybridized carbons (Fsp3) is 0.167. The van der Waals surface area contributed by atoms with Crippen LogP contribution < -0.4 is 10.9 Å². The average Bonchev–Trinajstić information content (AvgIpc) is 3.00. The lowest BCUT2D eigenvalue weighted by Crippen LogP contribution is -2.30. The van der Waals surface area contributed by atoms with E-state index in [1.165, 1.54) is 11.3 Å². The van der Waals surface area contributed by atoms with Crippen molar-refractivity contribution in [2.24, 2.45) is 0 Å². The number of thiazole rings is 1. The van der Waals surface area contributed by atoms with Gasteiger partial charge in [0.1, 0.15) is 12.1 Å². The second kappa shape index (κ2) is 6.30. The van der Waals surface area contributed by atoms with E-state index >= 15 is 0 Å². The molecule has 8 heteroatoms. The van der Waals surface area contributed by atoms with Gasteiger partial charge in [-0.15, -0.1) is 5.10 Å². The van der Waals surface area contributed by atoms with Crippen molar-refractivity contribution < 1.29 is 4.79 Å². The summed E-state index contributed by atoms with van der Waals surface area (Å²) in [5.41, 5.74) is 3.24. The van der Waals surface area contributed by atoms with E-state index in [1.807, 2.05) is 19.9 Å². The molecule has 0 fully saturated rings. The normalized spacial score (nSPS) is 11.2. The van der Waals surface area contributed by atoms with Crippen molar-refractivity contribution in [3.8, 4) is 0 Å². The molecule has 0 saturated heterocycles. The highest BCUT2D eigenvalue weighted by molar-refractivity contribution is 7.22. The van der Waals surface area contributed by atoms with Crippen LogP contribution in [0.2, 0.25) is 0 Å². The highest BCUT2D eigenvalue weighted by Gasteiger charge is 2.13. The number of nitrogens with zero attached hydrogens (tertiary/aromatic N) is 4. The summed E-state index contributed by atoms with van der Waals surface area (Å²) in [5.74, 6) is -0.370. The first kappa shape index (κ1) is 16.3. The topological polar surface area (TPSA) is 89.8 Å². The molecule has 0 radical (unpaired) electrons. The van der Waals surface area contributed by atoms with Crippen LogP contribution in [0.1, 0.15) is 11.1 Å². The minimum absolute atomic E-state index is 0.218. The van der Waals surface area contributed by atoms with Crippen LogP contribution in [0.4, 0.5) is 5.13 Å². The molecule has 0 unspecified atom stereocenters. The Labute approximate surface area is 152 Å². The fourth-order valence-electron chi connectivity index (χ4n) is 2.85. The van der Waals surface area contributed by atoms with Crippen molar-refractivity contribution in [3.05, 3.63) is 57.9 Å². The summed E-state index contributed by atoms with van der Waals surface area (Å²) in [6, 6.07) is 11.0. The van der Waals surface area contributed by atoms with Crippen molar-refractivity contribution in [1.29, 1.82) is 0 Å². The summed E-state index contributed by atoms with van der Waals surface area (Å²) < 4.78 is 2.07. The molecule has 2 aromatic heterocycles. The van der Waals surface area contributed by atoms with Gasteiger partial charge in [-0.05, 0) is 43.2 Å². The number of benzene rings is 2. The van der Waals surface area contributed by atoms with E-state index in [9.17, 15) is 9.59 Å². The number of nitrogens with one attached hydrogen (secondary N) is 1. The number of aryl methyl sites for hydroxylation is 2. The minimum Gasteiger partial charge on any atom is -0.300 e. The summed E-state index contributed by atoms with van der Waals surface area (Å²) in [5, 5.41) is 11.5. The molecule has 0 aliphatic carbocycles. The van der Waals surface area contributed by atoms with Gasteiger partial charge in [0, 0.05) is 0 Å². The van der Waals surface area contributed by atoms with E-state index in [1.54, 1.807) is 24.3 Å². The lowest BCUT2D eigenvalue weighted by molar-refractivity contribution is -0.117. The van der Waals surface area contributed by atoms with Crippen LogP contribution in [0.3, 0.4) is 0 Å². The maximum atomic E-state index is 12.4. The zero-order valence-corrected chi connectivity index (χ0v) is 15.0. The predicted octanol–water partition coefficient (Wildman–Crippen LogP) is 2.66. The largest absolute Gasteiger partial charge is 0.300 e. The Morgan fingerprint density at radius 2 is 2.04 bits per heavy atom. The number of rotatable bonds is 3. The molecule has 0 saturated carbocycles. The van der Waals surface area contributed by atoms with Crippen molar-refractivity contribution >= 4 is 43.5 Å². The highest BCUT2D eigenvalue weighted by atomic mass is 32.1. The molecule has 0 spiro atoms. The van der Waals surface area contributed by atoms with Crippen LogP contribution in [0.25, 0.3) is 21.1 Å². The molecule has 130 valence electrons. The molecule has 0 bridgehead atoms. The van der Waals surface area contributed by atoms with Crippen LogP contribution >= 0.6 is 11.3 Å². The van der Waals surface area contributed by atoms with Gasteiger partial charge in [-0.2, -0.15) is 0 Å². The number of anilines is 1. The molecule has 2 aromatic carbocycles. The molecular formula is C18H15N5O2S. The van der Waals surface area contributed by atoms with Crippen LogP contribution in [0.15, 0.2) is 41.2 Å². The molecular weight excluding hydrogens is 350 g/mol. The van der Waals surface area contributed by atoms with Crippen molar-refractivity contribution in [1.82, 2.24) is 20.0 Å². The summed E-state index contributed by atoms with van der Waals surface area (Å²) in [6.07, 6.45) is 0. The number of carbonyl (C=O) groups is 1. The van der Waals surface area contributed by atoms with Crippen molar-refractivity contribution in [3.63, 3.8) is 0 Å². The number of carbonyl (C=O) groups excluding carboxylic acids is 1. The Hall–Kier alpha value is -3.13. The number of aromatic nitrogens is 4. The van der Waals surface area contributed by atoms with Gasteiger partial charge >= 0.3 is 0 Å². The number of amides is 1. The molecule has 0 aliphatic heterocycles. The molecule has 4 aromatic rings. The lowest BCUT2D eigenvalue weighted by Gasteiger charge is -2.04. The minimum atomic E-state index is -0.370. The SMILES string of the molecule is Cc1cc(C)c2nc(NC(=O)Cn3nnc4ccccc4c3=O)sc2c1. The zero-order valence-electron chi connectivity index (χ0n) is 14.2. The predicted molar refractivity (Wildman–Crippen MR) is 102 cm³/mol. The standard InChI is InChI=1S/C18H15N5O2S/c1-10-7-11(2)16-14(8-10)26-18(20-16)19-15(24)9-23-17(25)12-5-3-4-6-13(12)21-22-23/h3-8H,9H2,1-2H3,(H,19,20,24). The Morgan fingerprint density at radius 3 is 2.88 bits per heavy atom. The van der Waals surface area contributed by atoms with Crippen LogP contribution in [0.5, 0.6) is 0 Å². The maximum Gasteiger partial charge on any atom is 0.278 e. The highest BCUT2D eigenvalue weighted by Crippen LogP contribution is 2.29. The molecule has 2 heterocycles. The van der Waals surface area contributed by atoms with E-state index in [0.717, 1.165) is 26.0 Å². The summed E-state index contributed by atoms with van der Waals surface area (Å²) in [4.78, 5) is 29.2. The molecule has 7 nitrogen and oxygen atoms in total. The van der Waals surface area contributed by atoms with Gasteiger partial charge in [-0.25, -0.2) is 9.67 Å². The third-order valence-corrected chi connectivity index (χ3v) is 4.92. The second-order valence-corrected chi connectivity index (χ2v) is 7.10. The molecule has 4 rings (SSSR count). The van der Waals surface area contributed by atoms with Gasteiger partial charge in [0.2, 0.25) is 5.91 Å². The van der Waals surface area contributed by atoms with E-state index < -0.39 is 0 Å². The van der Waals surface area contributed by atoms with Crippen LogP contribution in [-0.2, 0) is 11.3 Å². The number of hydrogen-bond donors (Lipinski definition) is 1. The first-order valence-corrected chi connectivity index (χ1v) is 8.83. The lowest BCUT2D eigenvalue weighted by atomic mass is 10.1. The number of hydrogen-bond acceptors (Lipinski definition) is 6. The van der Waals surface area contributed by atoms with Gasteiger partial charge in [0.25, 0.3) is 5.56 Å². The molecule has 0 atom stereocenters. The summed E-state index contributed by atoms with van der Waals surface area (Å²) in [7, 11) is 0. The zero-order chi connectivity index (χ0) is 18.3. The Bertz CT molecular complexity index is 1210. The Balaban J connectivity index is 1.59. The first-order valence-electron chi connectivity index (χ1n) is 8.01. The molecule has 1 amide bonds. The Morgan fingerprint density at radius 1 is 1.23 bits per heavy atom. The smallest absolute Gasteiger partial charge is 0.278 e. The monoisotopic (exact) mass is 365 g/mol. The van der Waals surface area contributed by atoms with Gasteiger partial charge in [-0.3, -0.25) is 9.59 Å².